The molecule has 1 aliphatic heterocycles. The van der Waals surface area contributed by atoms with E-state index in [4.69, 9.17) is 9.84 Å². The van der Waals surface area contributed by atoms with Crippen LogP contribution in [0.15, 0.2) is 11.5 Å². The summed E-state index contributed by atoms with van der Waals surface area (Å²) in [5, 5.41) is 27.5. The molecule has 0 saturated carbocycles. The van der Waals surface area contributed by atoms with Crippen LogP contribution in [0.25, 0.3) is 0 Å². The van der Waals surface area contributed by atoms with Crippen LogP contribution in [0.1, 0.15) is 6.92 Å². The Balaban J connectivity index is 2.69. The average Bonchev–Trinajstić information content (AvgIpc) is 2.63. The van der Waals surface area contributed by atoms with Gasteiger partial charge in [0.2, 0.25) is 5.76 Å². The summed E-state index contributed by atoms with van der Waals surface area (Å²) >= 11 is 0. The highest BCUT2D eigenvalue weighted by atomic mass is 16.6. The van der Waals surface area contributed by atoms with Crippen LogP contribution in [0.2, 0.25) is 0 Å². The zero-order valence-corrected chi connectivity index (χ0v) is 9.66. The predicted octanol–water partition coefficient (Wildman–Crippen LogP) is -1.39. The molecule has 0 saturated heterocycles. The fourth-order valence-corrected chi connectivity index (χ4v) is 1.30. The van der Waals surface area contributed by atoms with Gasteiger partial charge >= 0.3 is 11.9 Å². The van der Waals surface area contributed by atoms with Crippen molar-refractivity contribution in [2.24, 2.45) is 0 Å². The SMILES string of the molecule is CCOC(=O)COC1=C(O)C(=O)O[C@@H]1[C@@H](O)CO. The lowest BCUT2D eigenvalue weighted by Gasteiger charge is -2.17. The third kappa shape index (κ3) is 3.11. The van der Waals surface area contributed by atoms with E-state index >= 15 is 0 Å². The smallest absolute Gasteiger partial charge is 0.378 e. The number of hydrogen-bond acceptors (Lipinski definition) is 8. The van der Waals surface area contributed by atoms with Crippen LogP contribution in [0, 0.1) is 0 Å². The number of esters is 2. The standard InChI is InChI=1S/C10H14O8/c1-2-16-6(13)4-17-9-7(14)10(15)18-8(9)5(12)3-11/h5,8,11-12,14H,2-4H2,1H3/t5-,8+/m0/s1. The number of rotatable bonds is 6. The number of cyclic esters (lactones) is 1. The Kier molecular flexibility index (Phi) is 4.93. The van der Waals surface area contributed by atoms with E-state index in [2.05, 4.69) is 9.47 Å². The van der Waals surface area contributed by atoms with Gasteiger partial charge < -0.3 is 29.5 Å². The Hall–Kier alpha value is -1.80. The zero-order chi connectivity index (χ0) is 13.7. The zero-order valence-electron chi connectivity index (χ0n) is 9.66. The molecule has 0 aromatic heterocycles. The van der Waals surface area contributed by atoms with Crippen molar-refractivity contribution in [2.75, 3.05) is 19.8 Å². The molecular formula is C10H14O8. The van der Waals surface area contributed by atoms with Crippen molar-refractivity contribution in [3.8, 4) is 0 Å². The van der Waals surface area contributed by atoms with E-state index in [1.165, 1.54) is 0 Å². The van der Waals surface area contributed by atoms with E-state index < -0.39 is 48.9 Å². The molecule has 18 heavy (non-hydrogen) atoms. The fourth-order valence-electron chi connectivity index (χ4n) is 1.30. The van der Waals surface area contributed by atoms with Gasteiger partial charge in [-0.3, -0.25) is 0 Å². The number of aliphatic hydroxyl groups excluding tert-OH is 3. The predicted molar refractivity (Wildman–Crippen MR) is 55.2 cm³/mol. The van der Waals surface area contributed by atoms with Crippen molar-refractivity contribution < 1.29 is 39.1 Å². The van der Waals surface area contributed by atoms with Crippen molar-refractivity contribution >= 4 is 11.9 Å². The third-order valence-electron chi connectivity index (χ3n) is 2.11. The molecule has 0 fully saturated rings. The molecular weight excluding hydrogens is 248 g/mol. The normalized spacial score (nSPS) is 20.6. The Morgan fingerprint density at radius 1 is 1.56 bits per heavy atom. The molecule has 8 nitrogen and oxygen atoms in total. The quantitative estimate of drug-likeness (QED) is 0.500. The molecule has 0 aromatic carbocycles. The Morgan fingerprint density at radius 2 is 2.22 bits per heavy atom. The van der Waals surface area contributed by atoms with Gasteiger partial charge in [-0.15, -0.1) is 0 Å². The van der Waals surface area contributed by atoms with Crippen LogP contribution in [-0.2, 0) is 23.8 Å². The van der Waals surface area contributed by atoms with Crippen molar-refractivity contribution in [3.05, 3.63) is 11.5 Å². The third-order valence-corrected chi connectivity index (χ3v) is 2.11. The highest BCUT2D eigenvalue weighted by Gasteiger charge is 2.40. The molecule has 0 spiro atoms. The number of aliphatic hydroxyl groups is 3. The summed E-state index contributed by atoms with van der Waals surface area (Å²) in [6.07, 6.45) is -2.78. The van der Waals surface area contributed by atoms with Crippen molar-refractivity contribution in [2.45, 2.75) is 19.1 Å². The number of hydrogen-bond donors (Lipinski definition) is 3. The molecule has 0 radical (unpaired) electrons. The van der Waals surface area contributed by atoms with Crippen LogP contribution in [-0.4, -0.2) is 59.3 Å². The number of ether oxygens (including phenoxy) is 3. The average molecular weight is 262 g/mol. The molecule has 0 bridgehead atoms. The van der Waals surface area contributed by atoms with Gasteiger partial charge in [-0.2, -0.15) is 0 Å². The summed E-state index contributed by atoms with van der Waals surface area (Å²) in [6.45, 7) is 0.524. The van der Waals surface area contributed by atoms with E-state index in [9.17, 15) is 19.8 Å². The van der Waals surface area contributed by atoms with Crippen LogP contribution >= 0.6 is 0 Å². The topological polar surface area (TPSA) is 123 Å². The molecule has 3 N–H and O–H groups in total. The van der Waals surface area contributed by atoms with E-state index in [1.807, 2.05) is 0 Å². The van der Waals surface area contributed by atoms with Crippen LogP contribution < -0.4 is 0 Å². The van der Waals surface area contributed by atoms with Crippen LogP contribution in [0.5, 0.6) is 0 Å². The van der Waals surface area contributed by atoms with Gasteiger partial charge in [0, 0.05) is 0 Å². The first-order valence-electron chi connectivity index (χ1n) is 5.22. The minimum absolute atomic E-state index is 0.158. The van der Waals surface area contributed by atoms with Crippen molar-refractivity contribution in [1.29, 1.82) is 0 Å². The summed E-state index contributed by atoms with van der Waals surface area (Å²) in [5.74, 6) is -3.02. The first kappa shape index (κ1) is 14.3. The Bertz CT molecular complexity index is 361. The lowest BCUT2D eigenvalue weighted by Crippen LogP contribution is -2.33. The molecule has 1 heterocycles. The lowest BCUT2D eigenvalue weighted by molar-refractivity contribution is -0.150. The second-order valence-corrected chi connectivity index (χ2v) is 3.38. The molecule has 8 heteroatoms. The highest BCUT2D eigenvalue weighted by Crippen LogP contribution is 2.24. The van der Waals surface area contributed by atoms with E-state index in [0.717, 1.165) is 0 Å². The van der Waals surface area contributed by atoms with Gasteiger partial charge in [0.05, 0.1) is 13.2 Å². The van der Waals surface area contributed by atoms with E-state index in [1.54, 1.807) is 6.92 Å². The maximum atomic E-state index is 11.1. The van der Waals surface area contributed by atoms with Crippen LogP contribution in [0.3, 0.4) is 0 Å². The van der Waals surface area contributed by atoms with Crippen molar-refractivity contribution in [1.82, 2.24) is 0 Å². The first-order valence-corrected chi connectivity index (χ1v) is 5.22. The second-order valence-electron chi connectivity index (χ2n) is 3.38. The van der Waals surface area contributed by atoms with Crippen molar-refractivity contribution in [3.63, 3.8) is 0 Å². The number of carbonyl (C=O) groups excluding carboxylic acids is 2. The van der Waals surface area contributed by atoms with Gasteiger partial charge in [0.1, 0.15) is 6.10 Å². The summed E-state index contributed by atoms with van der Waals surface area (Å²) in [6, 6.07) is 0. The molecule has 0 aromatic rings. The van der Waals surface area contributed by atoms with E-state index in [-0.39, 0.29) is 6.61 Å². The molecule has 0 aliphatic carbocycles. The minimum Gasteiger partial charge on any atom is -0.499 e. The molecule has 0 amide bonds. The maximum Gasteiger partial charge on any atom is 0.378 e. The summed E-state index contributed by atoms with van der Waals surface area (Å²) < 4.78 is 14.0. The summed E-state index contributed by atoms with van der Waals surface area (Å²) in [4.78, 5) is 22.1. The second kappa shape index (κ2) is 6.22. The highest BCUT2D eigenvalue weighted by molar-refractivity contribution is 5.89. The maximum absolute atomic E-state index is 11.1. The van der Waals surface area contributed by atoms with E-state index in [0.29, 0.717) is 0 Å². The Labute approximate surface area is 102 Å². The summed E-state index contributed by atoms with van der Waals surface area (Å²) in [5.41, 5.74) is 0. The Morgan fingerprint density at radius 3 is 2.78 bits per heavy atom. The lowest BCUT2D eigenvalue weighted by atomic mass is 10.2. The van der Waals surface area contributed by atoms with Gasteiger partial charge in [0.15, 0.2) is 18.5 Å². The van der Waals surface area contributed by atoms with Gasteiger partial charge in [-0.1, -0.05) is 0 Å². The minimum atomic E-state index is -1.45. The molecule has 0 unspecified atom stereocenters. The van der Waals surface area contributed by atoms with Gasteiger partial charge in [0.25, 0.3) is 0 Å². The van der Waals surface area contributed by atoms with Crippen LogP contribution in [0.4, 0.5) is 0 Å². The number of carbonyl (C=O) groups is 2. The largest absolute Gasteiger partial charge is 0.499 e. The molecule has 102 valence electrons. The first-order chi connectivity index (χ1) is 8.51. The van der Waals surface area contributed by atoms with Gasteiger partial charge in [-0.25, -0.2) is 9.59 Å². The van der Waals surface area contributed by atoms with Gasteiger partial charge in [-0.05, 0) is 6.92 Å². The summed E-state index contributed by atoms with van der Waals surface area (Å²) in [7, 11) is 0. The monoisotopic (exact) mass is 262 g/mol. The molecule has 1 rings (SSSR count). The fraction of sp³-hybridized carbons (Fsp3) is 0.600. The molecule has 1 aliphatic rings. The molecule has 2 atom stereocenters.